The molecule has 4 heteroatoms. The third-order valence-electron chi connectivity index (χ3n) is 1.87. The average molecular weight is 228 g/mol. The van der Waals surface area contributed by atoms with E-state index in [1.54, 1.807) is 11.3 Å². The van der Waals surface area contributed by atoms with Crippen molar-refractivity contribution in [3.63, 3.8) is 0 Å². The smallest absolute Gasteiger partial charge is 0.222 e. The Bertz CT molecular complexity index is 313. The first-order chi connectivity index (χ1) is 7.19. The van der Waals surface area contributed by atoms with E-state index in [0.717, 1.165) is 4.88 Å². The van der Waals surface area contributed by atoms with E-state index in [0.29, 0.717) is 18.8 Å². The molecule has 0 radical (unpaired) electrons. The molecule has 0 unspecified atom stereocenters. The van der Waals surface area contributed by atoms with Gasteiger partial charge >= 0.3 is 0 Å². The van der Waals surface area contributed by atoms with Gasteiger partial charge in [0.2, 0.25) is 12.1 Å². The summed E-state index contributed by atoms with van der Waals surface area (Å²) >= 11 is 1.55. The van der Waals surface area contributed by atoms with Gasteiger partial charge < -0.3 is 9.47 Å². The van der Waals surface area contributed by atoms with Crippen LogP contribution in [0.4, 0.5) is 0 Å². The molecule has 0 atom stereocenters. The average Bonchev–Trinajstić information content (AvgIpc) is 2.63. The van der Waals surface area contributed by atoms with Crippen LogP contribution in [0.1, 0.15) is 29.1 Å². The van der Waals surface area contributed by atoms with Crippen LogP contribution in [0.25, 0.3) is 0 Å². The molecule has 0 amide bonds. The summed E-state index contributed by atoms with van der Waals surface area (Å²) in [6.07, 6.45) is -0.756. The Morgan fingerprint density at radius 2 is 2.00 bits per heavy atom. The lowest BCUT2D eigenvalue weighted by molar-refractivity contribution is -0.107. The second-order valence-corrected chi connectivity index (χ2v) is 4.17. The van der Waals surface area contributed by atoms with E-state index >= 15 is 0 Å². The number of carbonyl (C=O) groups is 1. The molecule has 0 aliphatic heterocycles. The fraction of sp³-hybridized carbons (Fsp3) is 0.545. The Labute approximate surface area is 94.0 Å². The third-order valence-corrected chi connectivity index (χ3v) is 2.73. The molecule has 1 rings (SSSR count). The van der Waals surface area contributed by atoms with Crippen LogP contribution in [0.15, 0.2) is 11.4 Å². The number of Topliss-reactive ketones (excluding diaryl/α,β-unsaturated/α-hetero) is 1. The lowest BCUT2D eigenvalue weighted by Crippen LogP contribution is -2.27. The molecular weight excluding hydrogens is 212 g/mol. The van der Waals surface area contributed by atoms with Crippen molar-refractivity contribution in [1.82, 2.24) is 0 Å². The number of hydrogen-bond acceptors (Lipinski definition) is 4. The van der Waals surface area contributed by atoms with Crippen LogP contribution in [0.2, 0.25) is 0 Å². The van der Waals surface area contributed by atoms with E-state index in [4.69, 9.17) is 9.47 Å². The SMILES string of the molecule is CCOC(OCC)C(=O)c1csc(C)c1. The summed E-state index contributed by atoms with van der Waals surface area (Å²) in [5.41, 5.74) is 0.671. The van der Waals surface area contributed by atoms with Crippen molar-refractivity contribution >= 4 is 17.1 Å². The Morgan fingerprint density at radius 3 is 2.40 bits per heavy atom. The summed E-state index contributed by atoms with van der Waals surface area (Å²) in [6.45, 7) is 6.60. The van der Waals surface area contributed by atoms with E-state index < -0.39 is 6.29 Å². The third kappa shape index (κ3) is 3.41. The molecular formula is C11H16O3S. The predicted molar refractivity (Wildman–Crippen MR) is 60.4 cm³/mol. The van der Waals surface area contributed by atoms with Crippen molar-refractivity contribution < 1.29 is 14.3 Å². The topological polar surface area (TPSA) is 35.5 Å². The van der Waals surface area contributed by atoms with Crippen LogP contribution >= 0.6 is 11.3 Å². The molecule has 0 saturated heterocycles. The van der Waals surface area contributed by atoms with Crippen LogP contribution in [-0.4, -0.2) is 25.3 Å². The summed E-state index contributed by atoms with van der Waals surface area (Å²) in [5.74, 6) is -0.0944. The van der Waals surface area contributed by atoms with Crippen LogP contribution < -0.4 is 0 Å². The molecule has 0 spiro atoms. The highest BCUT2D eigenvalue weighted by Crippen LogP contribution is 2.16. The zero-order valence-corrected chi connectivity index (χ0v) is 10.1. The van der Waals surface area contributed by atoms with Crippen molar-refractivity contribution in [2.75, 3.05) is 13.2 Å². The first-order valence-corrected chi connectivity index (χ1v) is 5.89. The van der Waals surface area contributed by atoms with E-state index in [2.05, 4.69) is 0 Å². The molecule has 0 aliphatic carbocycles. The van der Waals surface area contributed by atoms with Gasteiger partial charge in [0, 0.05) is 29.0 Å². The lowest BCUT2D eigenvalue weighted by atomic mass is 10.2. The maximum absolute atomic E-state index is 11.9. The van der Waals surface area contributed by atoms with Crippen molar-refractivity contribution in [3.8, 4) is 0 Å². The van der Waals surface area contributed by atoms with Gasteiger partial charge in [-0.15, -0.1) is 11.3 Å². The van der Waals surface area contributed by atoms with Crippen molar-refractivity contribution in [1.29, 1.82) is 0 Å². The predicted octanol–water partition coefficient (Wildman–Crippen LogP) is 2.64. The van der Waals surface area contributed by atoms with Gasteiger partial charge in [-0.1, -0.05) is 0 Å². The van der Waals surface area contributed by atoms with E-state index in [-0.39, 0.29) is 5.78 Å². The van der Waals surface area contributed by atoms with Crippen LogP contribution in [0, 0.1) is 6.92 Å². The maximum atomic E-state index is 11.9. The number of thiophene rings is 1. The van der Waals surface area contributed by atoms with Gasteiger partial charge in [0.15, 0.2) is 0 Å². The molecule has 1 aromatic heterocycles. The van der Waals surface area contributed by atoms with E-state index in [9.17, 15) is 4.79 Å². The van der Waals surface area contributed by atoms with Gasteiger partial charge in [-0.25, -0.2) is 0 Å². The van der Waals surface area contributed by atoms with Crippen LogP contribution in [0.3, 0.4) is 0 Å². The summed E-state index contributed by atoms with van der Waals surface area (Å²) in [5, 5.41) is 1.84. The summed E-state index contributed by atoms with van der Waals surface area (Å²) in [6, 6.07) is 1.86. The molecule has 1 aromatic rings. The number of carbonyl (C=O) groups excluding carboxylic acids is 1. The van der Waals surface area contributed by atoms with Crippen LogP contribution in [0.5, 0.6) is 0 Å². The standard InChI is InChI=1S/C11H16O3S/c1-4-13-11(14-5-2)10(12)9-6-8(3)15-7-9/h6-7,11H,4-5H2,1-3H3. The second kappa shape index (κ2) is 6.00. The number of aryl methyl sites for hydroxylation is 1. The first kappa shape index (κ1) is 12.4. The van der Waals surface area contributed by atoms with E-state index in [1.807, 2.05) is 32.2 Å². The fourth-order valence-electron chi connectivity index (χ4n) is 1.21. The number of hydrogen-bond donors (Lipinski definition) is 0. The van der Waals surface area contributed by atoms with Gasteiger partial charge in [0.1, 0.15) is 0 Å². The van der Waals surface area contributed by atoms with E-state index in [1.165, 1.54) is 0 Å². The summed E-state index contributed by atoms with van der Waals surface area (Å²) in [7, 11) is 0. The number of rotatable bonds is 6. The van der Waals surface area contributed by atoms with Gasteiger partial charge in [-0.3, -0.25) is 4.79 Å². The van der Waals surface area contributed by atoms with Gasteiger partial charge in [-0.05, 0) is 26.8 Å². The van der Waals surface area contributed by atoms with Crippen molar-refractivity contribution in [2.45, 2.75) is 27.1 Å². The highest BCUT2D eigenvalue weighted by atomic mass is 32.1. The summed E-state index contributed by atoms with van der Waals surface area (Å²) in [4.78, 5) is 13.0. The highest BCUT2D eigenvalue weighted by Gasteiger charge is 2.21. The fourth-order valence-corrected chi connectivity index (χ4v) is 1.90. The van der Waals surface area contributed by atoms with Gasteiger partial charge in [0.25, 0.3) is 0 Å². The molecule has 0 aromatic carbocycles. The minimum Gasteiger partial charge on any atom is -0.346 e. The normalized spacial score (nSPS) is 10.9. The van der Waals surface area contributed by atoms with Gasteiger partial charge in [0.05, 0.1) is 0 Å². The zero-order chi connectivity index (χ0) is 11.3. The lowest BCUT2D eigenvalue weighted by Gasteiger charge is -2.14. The summed E-state index contributed by atoms with van der Waals surface area (Å²) < 4.78 is 10.5. The Balaban J connectivity index is 2.71. The first-order valence-electron chi connectivity index (χ1n) is 5.01. The molecule has 3 nitrogen and oxygen atoms in total. The molecule has 0 aliphatic rings. The Morgan fingerprint density at radius 1 is 1.40 bits per heavy atom. The molecule has 15 heavy (non-hydrogen) atoms. The minimum atomic E-state index is -0.756. The Kier molecular flexibility index (Phi) is 4.94. The minimum absolute atomic E-state index is 0.0944. The molecule has 0 saturated carbocycles. The molecule has 1 heterocycles. The second-order valence-electron chi connectivity index (χ2n) is 3.05. The van der Waals surface area contributed by atoms with Gasteiger partial charge in [-0.2, -0.15) is 0 Å². The largest absolute Gasteiger partial charge is 0.346 e. The molecule has 0 N–H and O–H groups in total. The van der Waals surface area contributed by atoms with Crippen molar-refractivity contribution in [3.05, 3.63) is 21.9 Å². The molecule has 84 valence electrons. The zero-order valence-electron chi connectivity index (χ0n) is 9.28. The Hall–Kier alpha value is -0.710. The molecule has 0 fully saturated rings. The quantitative estimate of drug-likeness (QED) is 0.554. The maximum Gasteiger partial charge on any atom is 0.222 e. The monoisotopic (exact) mass is 228 g/mol. The van der Waals surface area contributed by atoms with Crippen LogP contribution in [-0.2, 0) is 9.47 Å². The number of ether oxygens (including phenoxy) is 2. The van der Waals surface area contributed by atoms with Crippen molar-refractivity contribution in [2.24, 2.45) is 0 Å². The highest BCUT2D eigenvalue weighted by molar-refractivity contribution is 7.10. The molecule has 0 bridgehead atoms. The number of ketones is 1.